The Bertz CT molecular complexity index is 624. The molecule has 0 fully saturated rings. The lowest BCUT2D eigenvalue weighted by Crippen LogP contribution is -2.34. The Kier molecular flexibility index (Phi) is 6.63. The average Bonchev–Trinajstić information content (AvgIpc) is 2.57. The Balaban J connectivity index is 1.66. The number of nitrogens with one attached hydrogen (secondary N) is 2. The predicted molar refractivity (Wildman–Crippen MR) is 92.6 cm³/mol. The van der Waals surface area contributed by atoms with Crippen molar-refractivity contribution < 1.29 is 9.53 Å². The SMILES string of the molecule is COc1ccccc1CCNC(=O)CNCc1ccc(C)cc1. The van der Waals surface area contributed by atoms with Crippen LogP contribution in [0.2, 0.25) is 0 Å². The van der Waals surface area contributed by atoms with Crippen LogP contribution >= 0.6 is 0 Å². The van der Waals surface area contributed by atoms with Crippen LogP contribution in [-0.4, -0.2) is 26.1 Å². The standard InChI is InChI=1S/C19H24N2O2/c1-15-7-9-16(10-8-15)13-20-14-19(22)21-12-11-17-5-3-4-6-18(17)23-2/h3-10,20H,11-14H2,1-2H3,(H,21,22). The molecule has 1 amide bonds. The summed E-state index contributed by atoms with van der Waals surface area (Å²) in [5.74, 6) is 0.867. The van der Waals surface area contributed by atoms with Crippen LogP contribution in [-0.2, 0) is 17.8 Å². The lowest BCUT2D eigenvalue weighted by molar-refractivity contribution is -0.120. The second kappa shape index (κ2) is 8.96. The summed E-state index contributed by atoms with van der Waals surface area (Å²) < 4.78 is 5.30. The van der Waals surface area contributed by atoms with Gasteiger partial charge >= 0.3 is 0 Å². The fraction of sp³-hybridized carbons (Fsp3) is 0.316. The van der Waals surface area contributed by atoms with E-state index in [2.05, 4.69) is 41.8 Å². The van der Waals surface area contributed by atoms with Gasteiger partial charge in [-0.2, -0.15) is 0 Å². The predicted octanol–water partition coefficient (Wildman–Crippen LogP) is 2.45. The van der Waals surface area contributed by atoms with Gasteiger partial charge < -0.3 is 15.4 Å². The largest absolute Gasteiger partial charge is 0.496 e. The molecule has 2 aromatic rings. The maximum atomic E-state index is 11.8. The van der Waals surface area contributed by atoms with Gasteiger partial charge in [-0.1, -0.05) is 48.0 Å². The van der Waals surface area contributed by atoms with Crippen molar-refractivity contribution >= 4 is 5.91 Å². The first-order valence-corrected chi connectivity index (χ1v) is 7.84. The summed E-state index contributed by atoms with van der Waals surface area (Å²) in [5, 5.41) is 6.08. The maximum absolute atomic E-state index is 11.8. The molecule has 0 aliphatic rings. The van der Waals surface area contributed by atoms with Crippen LogP contribution in [0.25, 0.3) is 0 Å². The van der Waals surface area contributed by atoms with Crippen LogP contribution in [0.4, 0.5) is 0 Å². The number of benzene rings is 2. The van der Waals surface area contributed by atoms with Crippen molar-refractivity contribution in [3.05, 3.63) is 65.2 Å². The Hall–Kier alpha value is -2.33. The van der Waals surface area contributed by atoms with Crippen LogP contribution in [0, 0.1) is 6.92 Å². The number of para-hydroxylation sites is 1. The molecule has 122 valence electrons. The Labute approximate surface area is 137 Å². The van der Waals surface area contributed by atoms with Gasteiger partial charge in [0.2, 0.25) is 5.91 Å². The fourth-order valence-corrected chi connectivity index (χ4v) is 2.33. The van der Waals surface area contributed by atoms with Gasteiger partial charge in [0.15, 0.2) is 0 Å². The maximum Gasteiger partial charge on any atom is 0.233 e. The number of aryl methyl sites for hydroxylation is 1. The topological polar surface area (TPSA) is 50.4 Å². The second-order valence-electron chi connectivity index (χ2n) is 5.50. The quantitative estimate of drug-likeness (QED) is 0.787. The number of methoxy groups -OCH3 is 1. The van der Waals surface area contributed by atoms with Crippen molar-refractivity contribution in [2.75, 3.05) is 20.2 Å². The average molecular weight is 312 g/mol. The van der Waals surface area contributed by atoms with Crippen molar-refractivity contribution in [3.63, 3.8) is 0 Å². The van der Waals surface area contributed by atoms with Crippen molar-refractivity contribution in [1.29, 1.82) is 0 Å². The van der Waals surface area contributed by atoms with Crippen molar-refractivity contribution in [2.45, 2.75) is 19.9 Å². The molecule has 0 heterocycles. The van der Waals surface area contributed by atoms with Gasteiger partial charge in [-0.25, -0.2) is 0 Å². The summed E-state index contributed by atoms with van der Waals surface area (Å²) in [4.78, 5) is 11.8. The van der Waals surface area contributed by atoms with Crippen molar-refractivity contribution in [1.82, 2.24) is 10.6 Å². The van der Waals surface area contributed by atoms with Gasteiger partial charge in [0.1, 0.15) is 5.75 Å². The Morgan fingerprint density at radius 2 is 1.83 bits per heavy atom. The van der Waals surface area contributed by atoms with Crippen LogP contribution < -0.4 is 15.4 Å². The van der Waals surface area contributed by atoms with E-state index in [-0.39, 0.29) is 5.91 Å². The van der Waals surface area contributed by atoms with Gasteiger partial charge in [0.25, 0.3) is 0 Å². The lowest BCUT2D eigenvalue weighted by atomic mass is 10.1. The number of carbonyl (C=O) groups excluding carboxylic acids is 1. The van der Waals surface area contributed by atoms with Crippen LogP contribution in [0.15, 0.2) is 48.5 Å². The minimum atomic E-state index is 0.00649. The molecule has 0 saturated carbocycles. The van der Waals surface area contributed by atoms with Gasteiger partial charge in [0, 0.05) is 13.1 Å². The number of hydrogen-bond acceptors (Lipinski definition) is 3. The molecule has 23 heavy (non-hydrogen) atoms. The van der Waals surface area contributed by atoms with E-state index in [4.69, 9.17) is 4.74 Å². The third-order valence-corrected chi connectivity index (χ3v) is 3.64. The first kappa shape index (κ1) is 17.0. The first-order valence-electron chi connectivity index (χ1n) is 7.84. The van der Waals surface area contributed by atoms with E-state index in [1.807, 2.05) is 24.3 Å². The normalized spacial score (nSPS) is 10.3. The molecular weight excluding hydrogens is 288 g/mol. The molecule has 0 aromatic heterocycles. The highest BCUT2D eigenvalue weighted by molar-refractivity contribution is 5.77. The number of ether oxygens (including phenoxy) is 1. The molecule has 0 spiro atoms. The molecule has 4 nitrogen and oxygen atoms in total. The number of amides is 1. The Morgan fingerprint density at radius 3 is 2.57 bits per heavy atom. The van der Waals surface area contributed by atoms with Gasteiger partial charge in [0.05, 0.1) is 13.7 Å². The van der Waals surface area contributed by atoms with Crippen LogP contribution in [0.5, 0.6) is 5.75 Å². The monoisotopic (exact) mass is 312 g/mol. The first-order chi connectivity index (χ1) is 11.2. The molecule has 4 heteroatoms. The van der Waals surface area contributed by atoms with Crippen LogP contribution in [0.3, 0.4) is 0 Å². The van der Waals surface area contributed by atoms with E-state index in [1.54, 1.807) is 7.11 Å². The zero-order chi connectivity index (χ0) is 16.5. The summed E-state index contributed by atoms with van der Waals surface area (Å²) in [7, 11) is 1.66. The van der Waals surface area contributed by atoms with E-state index in [9.17, 15) is 4.79 Å². The summed E-state index contributed by atoms with van der Waals surface area (Å²) in [6, 6.07) is 16.2. The van der Waals surface area contributed by atoms with E-state index < -0.39 is 0 Å². The van der Waals surface area contributed by atoms with Crippen molar-refractivity contribution in [3.8, 4) is 5.75 Å². The third kappa shape index (κ3) is 5.75. The number of rotatable bonds is 8. The molecule has 0 unspecified atom stereocenters. The van der Waals surface area contributed by atoms with Gasteiger partial charge in [-0.3, -0.25) is 4.79 Å². The molecule has 0 aliphatic carbocycles. The molecule has 0 atom stereocenters. The van der Waals surface area contributed by atoms with Crippen molar-refractivity contribution in [2.24, 2.45) is 0 Å². The lowest BCUT2D eigenvalue weighted by Gasteiger charge is -2.09. The molecule has 0 saturated heterocycles. The van der Waals surface area contributed by atoms with E-state index in [1.165, 1.54) is 11.1 Å². The second-order valence-corrected chi connectivity index (χ2v) is 5.50. The van der Waals surface area contributed by atoms with Gasteiger partial charge in [-0.15, -0.1) is 0 Å². The molecule has 2 aromatic carbocycles. The number of hydrogen-bond donors (Lipinski definition) is 2. The molecule has 2 rings (SSSR count). The van der Waals surface area contributed by atoms with E-state index >= 15 is 0 Å². The Morgan fingerprint density at radius 1 is 1.09 bits per heavy atom. The minimum absolute atomic E-state index is 0.00649. The van der Waals surface area contributed by atoms with E-state index in [0.29, 0.717) is 19.6 Å². The fourth-order valence-electron chi connectivity index (χ4n) is 2.33. The highest BCUT2D eigenvalue weighted by atomic mass is 16.5. The van der Waals surface area contributed by atoms with Crippen LogP contribution in [0.1, 0.15) is 16.7 Å². The van der Waals surface area contributed by atoms with Gasteiger partial charge in [-0.05, 0) is 30.5 Å². The molecular formula is C19H24N2O2. The molecule has 2 N–H and O–H groups in total. The highest BCUT2D eigenvalue weighted by Gasteiger charge is 2.04. The summed E-state index contributed by atoms with van der Waals surface area (Å²) >= 11 is 0. The smallest absolute Gasteiger partial charge is 0.233 e. The number of carbonyl (C=O) groups is 1. The summed E-state index contributed by atoms with van der Waals surface area (Å²) in [5.41, 5.74) is 3.52. The zero-order valence-electron chi connectivity index (χ0n) is 13.8. The summed E-state index contributed by atoms with van der Waals surface area (Å²) in [6.45, 7) is 3.68. The van der Waals surface area contributed by atoms with E-state index in [0.717, 1.165) is 17.7 Å². The third-order valence-electron chi connectivity index (χ3n) is 3.64. The molecule has 0 aliphatic heterocycles. The molecule has 0 bridgehead atoms. The minimum Gasteiger partial charge on any atom is -0.496 e. The summed E-state index contributed by atoms with van der Waals surface area (Å²) in [6.07, 6.45) is 0.758. The zero-order valence-corrected chi connectivity index (χ0v) is 13.8. The molecule has 0 radical (unpaired) electrons. The highest BCUT2D eigenvalue weighted by Crippen LogP contribution is 2.17.